The number of hydrogen-bond donors (Lipinski definition) is 1. The molecule has 206 valence electrons. The van der Waals surface area contributed by atoms with E-state index in [-0.39, 0.29) is 6.61 Å². The summed E-state index contributed by atoms with van der Waals surface area (Å²) in [4.78, 5) is 0. The second-order valence-electron chi connectivity index (χ2n) is 9.14. The second-order valence-corrected chi connectivity index (χ2v) is 9.14. The lowest BCUT2D eigenvalue weighted by Crippen LogP contribution is -1.72. The molecule has 1 heteroatoms. The molecule has 0 rings (SSSR count). The number of aliphatic hydroxyl groups excluding tert-OH is 1. The van der Waals surface area contributed by atoms with Crippen LogP contribution in [0.25, 0.3) is 0 Å². The molecule has 0 atom stereocenters. The van der Waals surface area contributed by atoms with Gasteiger partial charge in [-0.1, -0.05) is 109 Å². The first-order chi connectivity index (χ1) is 18.4. The molecular weight excluding hydrogens is 448 g/mol. The molecule has 0 saturated heterocycles. The van der Waals surface area contributed by atoms with E-state index in [1.54, 1.807) is 6.08 Å². The van der Waals surface area contributed by atoms with Crippen molar-refractivity contribution in [1.29, 1.82) is 0 Å². The first-order valence-corrected chi connectivity index (χ1v) is 14.8. The van der Waals surface area contributed by atoms with Gasteiger partial charge in [-0.15, -0.1) is 0 Å². The molecule has 37 heavy (non-hydrogen) atoms. The van der Waals surface area contributed by atoms with E-state index in [4.69, 9.17) is 5.11 Å². The predicted molar refractivity (Wildman–Crippen MR) is 169 cm³/mol. The number of hydrogen-bond acceptors (Lipinski definition) is 1. The second kappa shape index (κ2) is 33.6. The monoisotopic (exact) mass is 504 g/mol. The molecule has 0 aromatic carbocycles. The van der Waals surface area contributed by atoms with E-state index in [1.165, 1.54) is 0 Å². The Bertz CT molecular complexity index is 709. The zero-order chi connectivity index (χ0) is 26.7. The zero-order valence-corrected chi connectivity index (χ0v) is 23.9. The molecular formula is C36H56O. The summed E-state index contributed by atoms with van der Waals surface area (Å²) in [5, 5.41) is 8.66. The van der Waals surface area contributed by atoms with Crippen molar-refractivity contribution >= 4 is 0 Å². The fraction of sp³-hybridized carbons (Fsp3) is 0.500. The van der Waals surface area contributed by atoms with Gasteiger partial charge in [0.15, 0.2) is 0 Å². The SMILES string of the molecule is CC=CCCC=CCCC=CCCC=CCCC=CCCC=CCCC=CCCC=CCCC=CCO. The van der Waals surface area contributed by atoms with Crippen LogP contribution in [0.5, 0.6) is 0 Å². The van der Waals surface area contributed by atoms with Crippen molar-refractivity contribution in [2.45, 2.75) is 110 Å². The summed E-state index contributed by atoms with van der Waals surface area (Å²) >= 11 is 0. The third-order valence-corrected chi connectivity index (χ3v) is 5.67. The Morgan fingerprint density at radius 3 is 0.595 bits per heavy atom. The molecule has 0 aliphatic carbocycles. The van der Waals surface area contributed by atoms with Gasteiger partial charge in [0, 0.05) is 0 Å². The maximum atomic E-state index is 8.66. The summed E-state index contributed by atoms with van der Waals surface area (Å²) in [5.41, 5.74) is 0. The molecule has 0 saturated carbocycles. The van der Waals surface area contributed by atoms with Crippen LogP contribution in [0.1, 0.15) is 110 Å². The Morgan fingerprint density at radius 2 is 0.432 bits per heavy atom. The number of rotatable bonds is 25. The van der Waals surface area contributed by atoms with Crippen molar-refractivity contribution in [1.82, 2.24) is 0 Å². The van der Waals surface area contributed by atoms with Crippen LogP contribution < -0.4 is 0 Å². The molecule has 0 aromatic heterocycles. The maximum Gasteiger partial charge on any atom is 0.0612 e. The first-order valence-electron chi connectivity index (χ1n) is 14.8. The highest BCUT2D eigenvalue weighted by Crippen LogP contribution is 2.03. The third-order valence-electron chi connectivity index (χ3n) is 5.67. The zero-order valence-electron chi connectivity index (χ0n) is 23.9. The summed E-state index contributed by atoms with van der Waals surface area (Å²) in [6, 6.07) is 0. The van der Waals surface area contributed by atoms with E-state index < -0.39 is 0 Å². The molecule has 0 aliphatic heterocycles. The molecule has 1 nitrogen and oxygen atoms in total. The molecule has 0 unspecified atom stereocenters. The normalized spacial score (nSPS) is 13.5. The number of aliphatic hydroxyl groups is 1. The Labute approximate surface area is 230 Å². The van der Waals surface area contributed by atoms with Gasteiger partial charge in [0.1, 0.15) is 0 Å². The predicted octanol–water partition coefficient (Wildman–Crippen LogP) is 11.2. The van der Waals surface area contributed by atoms with E-state index in [0.29, 0.717) is 0 Å². The van der Waals surface area contributed by atoms with E-state index in [1.807, 2.05) is 6.08 Å². The van der Waals surface area contributed by atoms with Crippen LogP contribution in [0.4, 0.5) is 0 Å². The van der Waals surface area contributed by atoms with Crippen molar-refractivity contribution in [2.24, 2.45) is 0 Å². The van der Waals surface area contributed by atoms with Crippen LogP contribution in [0.3, 0.4) is 0 Å². The molecule has 1 N–H and O–H groups in total. The molecule has 0 heterocycles. The highest BCUT2D eigenvalue weighted by molar-refractivity contribution is 4.95. The van der Waals surface area contributed by atoms with Crippen molar-refractivity contribution < 1.29 is 5.11 Å². The fourth-order valence-corrected chi connectivity index (χ4v) is 3.55. The van der Waals surface area contributed by atoms with Crippen LogP contribution in [-0.4, -0.2) is 11.7 Å². The quantitative estimate of drug-likeness (QED) is 0.0968. The van der Waals surface area contributed by atoms with Gasteiger partial charge in [-0.3, -0.25) is 0 Å². The minimum Gasteiger partial charge on any atom is -0.392 e. The Kier molecular flexibility index (Phi) is 31.5. The summed E-state index contributed by atoms with van der Waals surface area (Å²) < 4.78 is 0. The lowest BCUT2D eigenvalue weighted by Gasteiger charge is -1.91. The minimum absolute atomic E-state index is 0.148. The van der Waals surface area contributed by atoms with E-state index in [0.717, 1.165) is 103 Å². The largest absolute Gasteiger partial charge is 0.392 e. The maximum absolute atomic E-state index is 8.66. The van der Waals surface area contributed by atoms with E-state index in [9.17, 15) is 0 Å². The summed E-state index contributed by atoms with van der Waals surface area (Å²) in [6.45, 7) is 2.23. The van der Waals surface area contributed by atoms with Gasteiger partial charge in [0.2, 0.25) is 0 Å². The molecule has 0 radical (unpaired) electrons. The van der Waals surface area contributed by atoms with Crippen LogP contribution in [0, 0.1) is 0 Å². The molecule has 0 bridgehead atoms. The molecule has 0 spiro atoms. The number of allylic oxidation sites excluding steroid dienone is 17. The molecule has 0 aromatic rings. The minimum atomic E-state index is 0.148. The molecule has 0 fully saturated rings. The third kappa shape index (κ3) is 33.6. The first kappa shape index (κ1) is 34.6. The summed E-state index contributed by atoms with van der Waals surface area (Å²) in [7, 11) is 0. The van der Waals surface area contributed by atoms with Gasteiger partial charge in [-0.2, -0.15) is 0 Å². The van der Waals surface area contributed by atoms with Crippen LogP contribution >= 0.6 is 0 Å². The van der Waals surface area contributed by atoms with E-state index >= 15 is 0 Å². The van der Waals surface area contributed by atoms with Crippen LogP contribution in [0.2, 0.25) is 0 Å². The smallest absolute Gasteiger partial charge is 0.0612 e. The van der Waals surface area contributed by atoms with Crippen LogP contribution in [-0.2, 0) is 0 Å². The van der Waals surface area contributed by atoms with Crippen molar-refractivity contribution in [3.63, 3.8) is 0 Å². The van der Waals surface area contributed by atoms with Crippen LogP contribution in [0.15, 0.2) is 109 Å². The van der Waals surface area contributed by atoms with Gasteiger partial charge in [-0.05, 0) is 110 Å². The fourth-order valence-electron chi connectivity index (χ4n) is 3.55. The molecule has 0 amide bonds. The highest BCUT2D eigenvalue weighted by Gasteiger charge is 1.83. The van der Waals surface area contributed by atoms with Gasteiger partial charge >= 0.3 is 0 Å². The average molecular weight is 505 g/mol. The Morgan fingerprint density at radius 1 is 0.270 bits per heavy atom. The molecule has 0 aliphatic rings. The standard InChI is InChI=1S/C36H56O/c1-2-3-4-5-6-7-8-9-10-11-12-13-14-15-16-17-18-19-20-21-22-23-24-25-26-27-28-29-30-31-32-33-34-35-36-37/h2-3,6-7,10-11,14-15,18-19,22-23,26-27,30-31,34-35,37H,4-5,8-9,12-13,16-17,20-21,24-25,28-29,32-33,36H2,1H3. The van der Waals surface area contributed by atoms with Gasteiger partial charge in [0.05, 0.1) is 6.61 Å². The van der Waals surface area contributed by atoms with Gasteiger partial charge in [0.25, 0.3) is 0 Å². The number of unbranched alkanes of at least 4 members (excludes halogenated alkanes) is 8. The summed E-state index contributed by atoms with van der Waals surface area (Å²) in [5.74, 6) is 0. The highest BCUT2D eigenvalue weighted by atomic mass is 16.2. The van der Waals surface area contributed by atoms with Gasteiger partial charge < -0.3 is 5.11 Å². The average Bonchev–Trinajstić information content (AvgIpc) is 2.91. The Hall–Kier alpha value is -2.38. The lowest BCUT2D eigenvalue weighted by atomic mass is 10.2. The Balaban J connectivity index is 3.44. The van der Waals surface area contributed by atoms with Gasteiger partial charge in [-0.25, -0.2) is 0 Å². The van der Waals surface area contributed by atoms with Crippen molar-refractivity contribution in [3.8, 4) is 0 Å². The van der Waals surface area contributed by atoms with Crippen molar-refractivity contribution in [2.75, 3.05) is 6.61 Å². The van der Waals surface area contributed by atoms with E-state index in [2.05, 4.69) is 104 Å². The summed E-state index contributed by atoms with van der Waals surface area (Å²) in [6.07, 6.45) is 58.6. The topological polar surface area (TPSA) is 20.2 Å². The van der Waals surface area contributed by atoms with Crippen molar-refractivity contribution in [3.05, 3.63) is 109 Å². The lowest BCUT2D eigenvalue weighted by molar-refractivity contribution is 0.342.